The second kappa shape index (κ2) is 9.13. The van der Waals surface area contributed by atoms with Crippen LogP contribution in [0.15, 0.2) is 36.5 Å². The Morgan fingerprint density at radius 2 is 2.04 bits per heavy atom. The molecule has 0 radical (unpaired) electrons. The molecule has 0 spiro atoms. The van der Waals surface area contributed by atoms with Crippen LogP contribution >= 0.6 is 11.6 Å². The molecule has 1 fully saturated rings. The largest absolute Gasteiger partial charge is 0.395 e. The van der Waals surface area contributed by atoms with Gasteiger partial charge in [0.1, 0.15) is 5.82 Å². The van der Waals surface area contributed by atoms with Crippen molar-refractivity contribution in [2.45, 2.75) is 31.7 Å². The average Bonchev–Trinajstić information content (AvgIpc) is 2.58. The van der Waals surface area contributed by atoms with Crippen molar-refractivity contribution >= 4 is 17.4 Å². The van der Waals surface area contributed by atoms with E-state index in [9.17, 15) is 0 Å². The molecule has 5 nitrogen and oxygen atoms in total. The minimum atomic E-state index is -0.0877. The number of aliphatic hydroxyl groups is 1. The number of halogens is 1. The highest BCUT2D eigenvalue weighted by atomic mass is 35.5. The summed E-state index contributed by atoms with van der Waals surface area (Å²) in [6, 6.07) is 10.1. The van der Waals surface area contributed by atoms with Crippen LogP contribution in [0.2, 0.25) is 5.15 Å². The van der Waals surface area contributed by atoms with E-state index in [1.165, 1.54) is 24.8 Å². The second-order valence-electron chi connectivity index (χ2n) is 6.53. The maximum Gasteiger partial charge on any atom is 0.154 e. The maximum absolute atomic E-state index is 9.15. The third-order valence-corrected chi connectivity index (χ3v) is 4.95. The van der Waals surface area contributed by atoms with Crippen molar-refractivity contribution in [1.29, 1.82) is 0 Å². The number of aliphatic hydroxyl groups excluding tert-OH is 1. The van der Waals surface area contributed by atoms with Gasteiger partial charge < -0.3 is 15.7 Å². The van der Waals surface area contributed by atoms with Crippen LogP contribution in [0.5, 0.6) is 0 Å². The molecule has 134 valence electrons. The van der Waals surface area contributed by atoms with E-state index in [-0.39, 0.29) is 12.6 Å². The Hall–Kier alpha value is -1.69. The lowest BCUT2D eigenvalue weighted by molar-refractivity contribution is 0.283. The van der Waals surface area contributed by atoms with Gasteiger partial charge in [0.2, 0.25) is 0 Å². The van der Waals surface area contributed by atoms with Crippen LogP contribution < -0.4 is 10.6 Å². The second-order valence-corrected chi connectivity index (χ2v) is 6.89. The molecule has 0 bridgehead atoms. The Bertz CT molecular complexity index is 664. The number of anilines is 1. The van der Waals surface area contributed by atoms with E-state index in [0.717, 1.165) is 24.7 Å². The number of nitrogens with zero attached hydrogens (tertiary/aromatic N) is 2. The van der Waals surface area contributed by atoms with Crippen LogP contribution in [-0.2, 0) is 6.42 Å². The molecule has 2 aromatic rings. The standard InChI is InChI=1S/C19H25ClN4O/c20-19-18(23-13-17(24-19)22-12-15-7-4-8-15)16(21-9-10-25)11-14-5-2-1-3-6-14/h1-3,5-6,13,15-16,21,25H,4,7-12H2,(H,22,24). The minimum absolute atomic E-state index is 0.0668. The first-order valence-electron chi connectivity index (χ1n) is 8.90. The monoisotopic (exact) mass is 360 g/mol. The van der Waals surface area contributed by atoms with Gasteiger partial charge in [-0.3, -0.25) is 4.98 Å². The molecule has 1 aliphatic rings. The number of hydrogen-bond donors (Lipinski definition) is 3. The predicted molar refractivity (Wildman–Crippen MR) is 101 cm³/mol. The molecule has 1 unspecified atom stereocenters. The molecule has 1 atom stereocenters. The summed E-state index contributed by atoms with van der Waals surface area (Å²) in [5, 5.41) is 16.2. The molecular formula is C19H25ClN4O. The third-order valence-electron chi connectivity index (χ3n) is 4.67. The summed E-state index contributed by atoms with van der Waals surface area (Å²) in [6.45, 7) is 1.48. The molecule has 1 aromatic carbocycles. The molecule has 3 N–H and O–H groups in total. The lowest BCUT2D eigenvalue weighted by Crippen LogP contribution is -2.27. The van der Waals surface area contributed by atoms with E-state index in [2.05, 4.69) is 32.7 Å². The van der Waals surface area contributed by atoms with E-state index >= 15 is 0 Å². The molecule has 6 heteroatoms. The lowest BCUT2D eigenvalue weighted by atomic mass is 9.85. The number of aromatic nitrogens is 2. The van der Waals surface area contributed by atoms with Gasteiger partial charge in [-0.25, -0.2) is 4.98 Å². The van der Waals surface area contributed by atoms with Crippen LogP contribution in [0.4, 0.5) is 5.82 Å². The first-order chi connectivity index (χ1) is 12.3. The van der Waals surface area contributed by atoms with Crippen molar-refractivity contribution in [2.75, 3.05) is 25.0 Å². The van der Waals surface area contributed by atoms with Gasteiger partial charge in [0.05, 0.1) is 24.5 Å². The Kier molecular flexibility index (Phi) is 6.62. The highest BCUT2D eigenvalue weighted by Crippen LogP contribution is 2.27. The zero-order valence-electron chi connectivity index (χ0n) is 14.3. The van der Waals surface area contributed by atoms with Crippen molar-refractivity contribution in [2.24, 2.45) is 5.92 Å². The molecule has 3 rings (SSSR count). The molecule has 1 aromatic heterocycles. The lowest BCUT2D eigenvalue weighted by Gasteiger charge is -2.25. The minimum Gasteiger partial charge on any atom is -0.395 e. The summed E-state index contributed by atoms with van der Waals surface area (Å²) in [5.74, 6) is 1.47. The van der Waals surface area contributed by atoms with Gasteiger partial charge >= 0.3 is 0 Å². The molecule has 0 saturated heterocycles. The molecule has 0 amide bonds. The predicted octanol–water partition coefficient (Wildman–Crippen LogP) is 3.21. The quantitative estimate of drug-likeness (QED) is 0.640. The Morgan fingerprint density at radius 3 is 2.68 bits per heavy atom. The third kappa shape index (κ3) is 5.14. The van der Waals surface area contributed by atoms with Crippen molar-refractivity contribution in [3.63, 3.8) is 0 Å². The van der Waals surface area contributed by atoms with Crippen LogP contribution in [0.1, 0.15) is 36.6 Å². The summed E-state index contributed by atoms with van der Waals surface area (Å²) in [4.78, 5) is 9.01. The van der Waals surface area contributed by atoms with Gasteiger partial charge in [-0.2, -0.15) is 0 Å². The molecule has 1 heterocycles. The zero-order chi connectivity index (χ0) is 17.5. The van der Waals surface area contributed by atoms with E-state index in [1.807, 2.05) is 18.2 Å². The fourth-order valence-corrected chi connectivity index (χ4v) is 3.27. The van der Waals surface area contributed by atoms with Crippen molar-refractivity contribution in [1.82, 2.24) is 15.3 Å². The fourth-order valence-electron chi connectivity index (χ4n) is 2.99. The van der Waals surface area contributed by atoms with Gasteiger partial charge in [0.25, 0.3) is 0 Å². The molecule has 1 saturated carbocycles. The first-order valence-corrected chi connectivity index (χ1v) is 9.28. The van der Waals surface area contributed by atoms with E-state index in [1.54, 1.807) is 6.20 Å². The van der Waals surface area contributed by atoms with Crippen LogP contribution in [-0.4, -0.2) is 34.8 Å². The van der Waals surface area contributed by atoms with Gasteiger partial charge in [0.15, 0.2) is 5.15 Å². The van der Waals surface area contributed by atoms with Crippen LogP contribution in [0, 0.1) is 5.92 Å². The van der Waals surface area contributed by atoms with Crippen LogP contribution in [0.25, 0.3) is 0 Å². The molecule has 1 aliphatic carbocycles. The van der Waals surface area contributed by atoms with E-state index < -0.39 is 0 Å². The highest BCUT2D eigenvalue weighted by molar-refractivity contribution is 6.30. The van der Waals surface area contributed by atoms with Gasteiger partial charge in [-0.05, 0) is 30.7 Å². The number of rotatable bonds is 9. The number of nitrogens with one attached hydrogen (secondary N) is 2. The van der Waals surface area contributed by atoms with Crippen molar-refractivity contribution in [3.05, 3.63) is 52.9 Å². The highest BCUT2D eigenvalue weighted by Gasteiger charge is 2.20. The first kappa shape index (κ1) is 18.1. The van der Waals surface area contributed by atoms with Crippen LogP contribution in [0.3, 0.4) is 0 Å². The average molecular weight is 361 g/mol. The van der Waals surface area contributed by atoms with Crippen molar-refractivity contribution in [3.8, 4) is 0 Å². The molecular weight excluding hydrogens is 336 g/mol. The SMILES string of the molecule is OCCNC(Cc1ccccc1)c1ncc(NCC2CCC2)nc1Cl. The normalized spacial score (nSPS) is 15.6. The smallest absolute Gasteiger partial charge is 0.154 e. The van der Waals surface area contributed by atoms with Gasteiger partial charge in [0, 0.05) is 13.1 Å². The summed E-state index contributed by atoms with van der Waals surface area (Å²) < 4.78 is 0. The zero-order valence-corrected chi connectivity index (χ0v) is 15.0. The Balaban J connectivity index is 1.70. The number of hydrogen-bond acceptors (Lipinski definition) is 5. The fraction of sp³-hybridized carbons (Fsp3) is 0.474. The molecule has 0 aliphatic heterocycles. The Labute approximate surface area is 153 Å². The summed E-state index contributed by atoms with van der Waals surface area (Å²) >= 11 is 6.42. The summed E-state index contributed by atoms with van der Waals surface area (Å²) in [6.07, 6.45) is 6.39. The van der Waals surface area contributed by atoms with Gasteiger partial charge in [-0.1, -0.05) is 48.4 Å². The van der Waals surface area contributed by atoms with E-state index in [4.69, 9.17) is 16.7 Å². The summed E-state index contributed by atoms with van der Waals surface area (Å²) in [7, 11) is 0. The summed E-state index contributed by atoms with van der Waals surface area (Å²) in [5.41, 5.74) is 1.90. The molecule has 25 heavy (non-hydrogen) atoms. The Morgan fingerprint density at radius 1 is 1.24 bits per heavy atom. The van der Waals surface area contributed by atoms with Gasteiger partial charge in [-0.15, -0.1) is 0 Å². The topological polar surface area (TPSA) is 70.1 Å². The number of benzene rings is 1. The van der Waals surface area contributed by atoms with Crippen molar-refractivity contribution < 1.29 is 5.11 Å². The van der Waals surface area contributed by atoms with E-state index in [0.29, 0.717) is 17.4 Å². The maximum atomic E-state index is 9.15.